The van der Waals surface area contributed by atoms with Crippen molar-refractivity contribution in [3.05, 3.63) is 23.9 Å². The van der Waals surface area contributed by atoms with E-state index in [0.717, 1.165) is 19.4 Å². The molecule has 0 unspecified atom stereocenters. The van der Waals surface area contributed by atoms with Gasteiger partial charge in [0.25, 0.3) is 5.91 Å². The first kappa shape index (κ1) is 18.2. The summed E-state index contributed by atoms with van der Waals surface area (Å²) >= 11 is 0. The summed E-state index contributed by atoms with van der Waals surface area (Å²) in [5.74, 6) is 0.643. The molecule has 1 fully saturated rings. The molecule has 2 rings (SSSR count). The molecule has 1 aromatic heterocycles. The average molecular weight is 334 g/mol. The van der Waals surface area contributed by atoms with E-state index in [1.807, 2.05) is 0 Å². The molecule has 2 heterocycles. The van der Waals surface area contributed by atoms with Crippen molar-refractivity contribution in [3.63, 3.8) is 0 Å². The number of carbonyl (C=O) groups is 2. The van der Waals surface area contributed by atoms with Crippen LogP contribution in [0.2, 0.25) is 0 Å². The zero-order valence-corrected chi connectivity index (χ0v) is 14.3. The second kappa shape index (κ2) is 8.63. The van der Waals surface area contributed by atoms with Gasteiger partial charge in [-0.1, -0.05) is 13.3 Å². The van der Waals surface area contributed by atoms with E-state index in [1.165, 1.54) is 0 Å². The first-order valence-corrected chi connectivity index (χ1v) is 8.43. The van der Waals surface area contributed by atoms with Gasteiger partial charge in [-0.25, -0.2) is 4.98 Å². The minimum Gasteiger partial charge on any atom is -0.396 e. The smallest absolute Gasteiger partial charge is 0.254 e. The van der Waals surface area contributed by atoms with Gasteiger partial charge < -0.3 is 20.6 Å². The number of hydrogen-bond donors (Lipinski definition) is 3. The summed E-state index contributed by atoms with van der Waals surface area (Å²) in [6.07, 6.45) is 3.80. The van der Waals surface area contributed by atoms with Gasteiger partial charge in [0.05, 0.1) is 18.2 Å². The summed E-state index contributed by atoms with van der Waals surface area (Å²) in [5.41, 5.74) is 0.539. The first-order valence-electron chi connectivity index (χ1n) is 8.43. The van der Waals surface area contributed by atoms with Crippen molar-refractivity contribution < 1.29 is 14.7 Å². The zero-order chi connectivity index (χ0) is 17.5. The van der Waals surface area contributed by atoms with Crippen LogP contribution in [0.25, 0.3) is 0 Å². The van der Waals surface area contributed by atoms with Gasteiger partial charge in [0.15, 0.2) is 0 Å². The van der Waals surface area contributed by atoms with Crippen molar-refractivity contribution in [3.8, 4) is 0 Å². The fraction of sp³-hybridized carbons (Fsp3) is 0.588. The minimum atomic E-state index is -0.169. The van der Waals surface area contributed by atoms with Gasteiger partial charge in [0.1, 0.15) is 5.82 Å². The number of rotatable bonds is 7. The molecule has 0 aromatic carbocycles. The number of carbonyl (C=O) groups excluding carboxylic acids is 2. The predicted octanol–water partition coefficient (Wildman–Crippen LogP) is 0.545. The second-order valence-corrected chi connectivity index (χ2v) is 6.06. The molecule has 7 heteroatoms. The van der Waals surface area contributed by atoms with Gasteiger partial charge in [-0.2, -0.15) is 0 Å². The lowest BCUT2D eigenvalue weighted by atomic mass is 9.98. The van der Waals surface area contributed by atoms with E-state index in [2.05, 4.69) is 27.4 Å². The van der Waals surface area contributed by atoms with Crippen LogP contribution in [0.3, 0.4) is 0 Å². The largest absolute Gasteiger partial charge is 0.396 e. The number of amides is 2. The first-order chi connectivity index (χ1) is 11.6. The molecule has 1 saturated heterocycles. The molecule has 0 spiro atoms. The highest BCUT2D eigenvalue weighted by molar-refractivity contribution is 5.98. The summed E-state index contributed by atoms with van der Waals surface area (Å²) in [7, 11) is 1.60. The molecule has 1 aliphatic rings. The molecule has 132 valence electrons. The number of aliphatic hydroxyl groups excluding tert-OH is 1. The van der Waals surface area contributed by atoms with E-state index in [0.29, 0.717) is 23.8 Å². The molecular formula is C17H26N4O3. The predicted molar refractivity (Wildman–Crippen MR) is 91.9 cm³/mol. The van der Waals surface area contributed by atoms with Gasteiger partial charge in [-0.3, -0.25) is 9.59 Å². The number of nitrogens with zero attached hydrogens (tertiary/aromatic N) is 2. The summed E-state index contributed by atoms with van der Waals surface area (Å²) in [5, 5.41) is 14.6. The van der Waals surface area contributed by atoms with E-state index in [4.69, 9.17) is 5.11 Å². The normalized spacial score (nSPS) is 20.0. The van der Waals surface area contributed by atoms with Crippen LogP contribution in [0.4, 0.5) is 5.82 Å². The molecule has 2 amide bonds. The summed E-state index contributed by atoms with van der Waals surface area (Å²) in [6.45, 7) is 3.33. The Kier molecular flexibility index (Phi) is 6.54. The highest BCUT2D eigenvalue weighted by Gasteiger charge is 2.35. The summed E-state index contributed by atoms with van der Waals surface area (Å²) < 4.78 is 0. The Balaban J connectivity index is 2.18. The molecule has 0 aliphatic carbocycles. The van der Waals surface area contributed by atoms with Crippen molar-refractivity contribution in [2.75, 3.05) is 31.6 Å². The van der Waals surface area contributed by atoms with E-state index >= 15 is 0 Å². The van der Waals surface area contributed by atoms with Crippen LogP contribution in [0.15, 0.2) is 18.3 Å². The third kappa shape index (κ3) is 4.23. The van der Waals surface area contributed by atoms with Crippen molar-refractivity contribution in [1.82, 2.24) is 15.6 Å². The summed E-state index contributed by atoms with van der Waals surface area (Å²) in [6, 6.07) is 3.51. The lowest BCUT2D eigenvalue weighted by Crippen LogP contribution is -2.41. The van der Waals surface area contributed by atoms with Crippen molar-refractivity contribution >= 4 is 17.6 Å². The van der Waals surface area contributed by atoms with Crippen LogP contribution in [0.5, 0.6) is 0 Å². The maximum atomic E-state index is 12.1. The second-order valence-electron chi connectivity index (χ2n) is 6.06. The standard InChI is InChI=1S/C17H26N4O3/c1-3-5-12-10-21(11-14(12)20-15(23)7-9-22)16-13(17(24)18-2)6-4-8-19-16/h4,6,8,12,14,22H,3,5,7,9-11H2,1-2H3,(H,18,24)(H,20,23)/t12-,14-/m0/s1. The van der Waals surface area contributed by atoms with Gasteiger partial charge in [-0.15, -0.1) is 0 Å². The van der Waals surface area contributed by atoms with Crippen molar-refractivity contribution in [2.45, 2.75) is 32.2 Å². The van der Waals surface area contributed by atoms with Crippen LogP contribution < -0.4 is 15.5 Å². The Hall–Kier alpha value is -2.15. The van der Waals surface area contributed by atoms with E-state index < -0.39 is 0 Å². The SMILES string of the molecule is CCC[C@H]1CN(c2ncccc2C(=O)NC)C[C@@H]1NC(=O)CCO. The number of nitrogens with one attached hydrogen (secondary N) is 2. The third-order valence-electron chi connectivity index (χ3n) is 4.34. The number of pyridine rings is 1. The zero-order valence-electron chi connectivity index (χ0n) is 14.3. The highest BCUT2D eigenvalue weighted by Crippen LogP contribution is 2.28. The Morgan fingerprint density at radius 2 is 2.21 bits per heavy atom. The Labute approximate surface area is 142 Å². The third-order valence-corrected chi connectivity index (χ3v) is 4.34. The molecular weight excluding hydrogens is 308 g/mol. The molecule has 1 aromatic rings. The van der Waals surface area contributed by atoms with Gasteiger partial charge in [-0.05, 0) is 24.5 Å². The van der Waals surface area contributed by atoms with Gasteiger partial charge in [0.2, 0.25) is 5.91 Å². The Morgan fingerprint density at radius 3 is 2.88 bits per heavy atom. The van der Waals surface area contributed by atoms with Crippen molar-refractivity contribution in [2.24, 2.45) is 5.92 Å². The topological polar surface area (TPSA) is 94.6 Å². The molecule has 0 saturated carbocycles. The Bertz CT molecular complexity index is 579. The van der Waals surface area contributed by atoms with Crippen LogP contribution in [-0.2, 0) is 4.79 Å². The molecule has 0 bridgehead atoms. The van der Waals surface area contributed by atoms with E-state index in [-0.39, 0.29) is 30.9 Å². The van der Waals surface area contributed by atoms with Crippen LogP contribution >= 0.6 is 0 Å². The van der Waals surface area contributed by atoms with Crippen LogP contribution in [-0.4, -0.2) is 54.7 Å². The quantitative estimate of drug-likeness (QED) is 0.677. The molecule has 24 heavy (non-hydrogen) atoms. The summed E-state index contributed by atoms with van der Waals surface area (Å²) in [4.78, 5) is 30.4. The fourth-order valence-electron chi connectivity index (χ4n) is 3.21. The lowest BCUT2D eigenvalue weighted by molar-refractivity contribution is -0.122. The minimum absolute atomic E-state index is 0.00328. The maximum absolute atomic E-state index is 12.1. The number of aromatic nitrogens is 1. The Morgan fingerprint density at radius 1 is 1.42 bits per heavy atom. The number of aliphatic hydroxyl groups is 1. The maximum Gasteiger partial charge on any atom is 0.254 e. The monoisotopic (exact) mass is 334 g/mol. The molecule has 2 atom stereocenters. The number of anilines is 1. The number of hydrogen-bond acceptors (Lipinski definition) is 5. The van der Waals surface area contributed by atoms with Gasteiger partial charge >= 0.3 is 0 Å². The highest BCUT2D eigenvalue weighted by atomic mass is 16.3. The van der Waals surface area contributed by atoms with E-state index in [9.17, 15) is 9.59 Å². The van der Waals surface area contributed by atoms with Gasteiger partial charge in [0, 0.05) is 32.8 Å². The molecule has 0 radical (unpaired) electrons. The molecule has 3 N–H and O–H groups in total. The van der Waals surface area contributed by atoms with Crippen LogP contribution in [0, 0.1) is 5.92 Å². The van der Waals surface area contributed by atoms with Crippen molar-refractivity contribution in [1.29, 1.82) is 0 Å². The molecule has 1 aliphatic heterocycles. The van der Waals surface area contributed by atoms with Crippen LogP contribution in [0.1, 0.15) is 36.5 Å². The van der Waals surface area contributed by atoms with E-state index in [1.54, 1.807) is 25.4 Å². The average Bonchev–Trinajstić information content (AvgIpc) is 2.97. The molecule has 7 nitrogen and oxygen atoms in total. The fourth-order valence-corrected chi connectivity index (χ4v) is 3.21. The lowest BCUT2D eigenvalue weighted by Gasteiger charge is -2.20.